The molecule has 0 radical (unpaired) electrons. The maximum absolute atomic E-state index is 12.4. The fraction of sp³-hybridized carbons (Fsp3) is 0.261. The number of hydrogen-bond donors (Lipinski definition) is 2. The van der Waals surface area contributed by atoms with E-state index >= 15 is 0 Å². The zero-order valence-electron chi connectivity index (χ0n) is 16.9. The van der Waals surface area contributed by atoms with Crippen LogP contribution >= 0.6 is 0 Å². The summed E-state index contributed by atoms with van der Waals surface area (Å²) in [5.74, 6) is 1.35. The van der Waals surface area contributed by atoms with Gasteiger partial charge in [0.2, 0.25) is 0 Å². The van der Waals surface area contributed by atoms with Gasteiger partial charge in [-0.15, -0.1) is 0 Å². The molecule has 0 aliphatic carbocycles. The third kappa shape index (κ3) is 4.06. The van der Waals surface area contributed by atoms with Crippen molar-refractivity contribution in [1.82, 2.24) is 9.88 Å². The Bertz CT molecular complexity index is 1060. The van der Waals surface area contributed by atoms with Crippen LogP contribution in [0.4, 0.5) is 10.5 Å². The van der Waals surface area contributed by atoms with Gasteiger partial charge in [-0.2, -0.15) is 0 Å². The van der Waals surface area contributed by atoms with Gasteiger partial charge in [-0.3, -0.25) is 0 Å². The molecule has 6 nitrogen and oxygen atoms in total. The van der Waals surface area contributed by atoms with E-state index in [9.17, 15) is 4.79 Å². The van der Waals surface area contributed by atoms with Crippen LogP contribution < -0.4 is 20.1 Å². The predicted molar refractivity (Wildman–Crippen MR) is 113 cm³/mol. The van der Waals surface area contributed by atoms with Crippen molar-refractivity contribution in [3.63, 3.8) is 0 Å². The standard InChI is InChI=1S/C23H25N3O3/c1-15-5-4-6-20(11-15)26-16(2)12-18(17(26)3)14-24-23(27)25-19-7-8-21-22(13-19)29-10-9-28-21/h4-8,11-13H,9-10,14H2,1-3H3,(H2,24,25,27). The first kappa shape index (κ1) is 18.9. The Morgan fingerprint density at radius 2 is 1.79 bits per heavy atom. The van der Waals surface area contributed by atoms with Crippen LogP contribution in [0, 0.1) is 20.8 Å². The van der Waals surface area contributed by atoms with Crippen LogP contribution in [0.3, 0.4) is 0 Å². The highest BCUT2D eigenvalue weighted by molar-refractivity contribution is 5.89. The van der Waals surface area contributed by atoms with E-state index in [1.54, 1.807) is 18.2 Å². The van der Waals surface area contributed by atoms with Gasteiger partial charge in [-0.25, -0.2) is 4.79 Å². The van der Waals surface area contributed by atoms with Crippen molar-refractivity contribution in [2.75, 3.05) is 18.5 Å². The average molecular weight is 391 g/mol. The molecule has 3 aromatic rings. The van der Waals surface area contributed by atoms with Gasteiger partial charge in [0, 0.05) is 35.4 Å². The second kappa shape index (κ2) is 7.91. The third-order valence-electron chi connectivity index (χ3n) is 5.04. The van der Waals surface area contributed by atoms with Crippen molar-refractivity contribution in [1.29, 1.82) is 0 Å². The summed E-state index contributed by atoms with van der Waals surface area (Å²) < 4.78 is 13.3. The lowest BCUT2D eigenvalue weighted by Gasteiger charge is -2.19. The Kier molecular flexibility index (Phi) is 5.16. The van der Waals surface area contributed by atoms with Crippen LogP contribution in [0.25, 0.3) is 5.69 Å². The molecule has 0 atom stereocenters. The lowest BCUT2D eigenvalue weighted by atomic mass is 10.2. The van der Waals surface area contributed by atoms with Gasteiger partial charge in [-0.05, 0) is 62.2 Å². The molecule has 0 unspecified atom stereocenters. The molecule has 6 heteroatoms. The molecule has 2 amide bonds. The largest absolute Gasteiger partial charge is 0.486 e. The van der Waals surface area contributed by atoms with Crippen molar-refractivity contribution < 1.29 is 14.3 Å². The molecular formula is C23H25N3O3. The highest BCUT2D eigenvalue weighted by Crippen LogP contribution is 2.32. The summed E-state index contributed by atoms with van der Waals surface area (Å²) in [5, 5.41) is 5.79. The zero-order valence-corrected chi connectivity index (χ0v) is 16.9. The fourth-order valence-electron chi connectivity index (χ4n) is 3.64. The second-order valence-electron chi connectivity index (χ2n) is 7.24. The molecule has 1 aliphatic rings. The van der Waals surface area contributed by atoms with Crippen LogP contribution in [0.5, 0.6) is 11.5 Å². The van der Waals surface area contributed by atoms with E-state index in [2.05, 4.69) is 66.3 Å². The Balaban J connectivity index is 1.43. The van der Waals surface area contributed by atoms with Crippen LogP contribution in [0.2, 0.25) is 0 Å². The average Bonchev–Trinajstić information content (AvgIpc) is 2.99. The number of carbonyl (C=O) groups excluding carboxylic acids is 1. The minimum atomic E-state index is -0.262. The van der Waals surface area contributed by atoms with Crippen LogP contribution in [-0.2, 0) is 6.54 Å². The molecule has 0 saturated heterocycles. The van der Waals surface area contributed by atoms with E-state index < -0.39 is 0 Å². The number of anilines is 1. The number of aryl methyl sites for hydroxylation is 2. The van der Waals surface area contributed by atoms with Crippen LogP contribution in [0.15, 0.2) is 48.5 Å². The van der Waals surface area contributed by atoms with E-state index in [0.717, 1.165) is 22.6 Å². The molecule has 2 aromatic carbocycles. The number of nitrogens with one attached hydrogen (secondary N) is 2. The molecule has 0 spiro atoms. The van der Waals surface area contributed by atoms with Gasteiger partial charge >= 0.3 is 6.03 Å². The van der Waals surface area contributed by atoms with Gasteiger partial charge in [0.15, 0.2) is 11.5 Å². The van der Waals surface area contributed by atoms with Crippen molar-refractivity contribution >= 4 is 11.7 Å². The summed E-state index contributed by atoms with van der Waals surface area (Å²) in [6, 6.07) is 15.6. The van der Waals surface area contributed by atoms with Crippen LogP contribution in [0.1, 0.15) is 22.5 Å². The van der Waals surface area contributed by atoms with Gasteiger partial charge in [0.25, 0.3) is 0 Å². The first-order valence-electron chi connectivity index (χ1n) is 9.70. The molecule has 1 aromatic heterocycles. The number of benzene rings is 2. The third-order valence-corrected chi connectivity index (χ3v) is 5.04. The zero-order chi connectivity index (χ0) is 20.4. The number of ether oxygens (including phenoxy) is 2. The van der Waals surface area contributed by atoms with E-state index in [-0.39, 0.29) is 6.03 Å². The molecule has 29 heavy (non-hydrogen) atoms. The number of aromatic nitrogens is 1. The minimum Gasteiger partial charge on any atom is -0.486 e. The Morgan fingerprint density at radius 1 is 1.00 bits per heavy atom. The predicted octanol–water partition coefficient (Wildman–Crippen LogP) is 4.50. The second-order valence-corrected chi connectivity index (χ2v) is 7.24. The van der Waals surface area contributed by atoms with Gasteiger partial charge in [0.1, 0.15) is 13.2 Å². The maximum Gasteiger partial charge on any atom is 0.319 e. The molecule has 4 rings (SSSR count). The van der Waals surface area contributed by atoms with E-state index in [1.807, 2.05) is 0 Å². The van der Waals surface area contributed by atoms with Gasteiger partial charge in [-0.1, -0.05) is 12.1 Å². The molecule has 1 aliphatic heterocycles. The topological polar surface area (TPSA) is 64.5 Å². The molecule has 0 fully saturated rings. The lowest BCUT2D eigenvalue weighted by Crippen LogP contribution is -2.28. The molecule has 150 valence electrons. The quantitative estimate of drug-likeness (QED) is 0.688. The molecule has 2 heterocycles. The number of urea groups is 1. The van der Waals surface area contributed by atoms with Crippen molar-refractivity contribution in [3.8, 4) is 17.2 Å². The number of carbonyl (C=O) groups is 1. The Hall–Kier alpha value is -3.41. The van der Waals surface area contributed by atoms with Crippen molar-refractivity contribution in [2.24, 2.45) is 0 Å². The number of nitrogens with zero attached hydrogens (tertiary/aromatic N) is 1. The maximum atomic E-state index is 12.4. The lowest BCUT2D eigenvalue weighted by molar-refractivity contribution is 0.171. The van der Waals surface area contributed by atoms with Gasteiger partial charge < -0.3 is 24.7 Å². The minimum absolute atomic E-state index is 0.262. The molecule has 0 saturated carbocycles. The normalized spacial score (nSPS) is 12.5. The number of rotatable bonds is 4. The number of hydrogen-bond acceptors (Lipinski definition) is 3. The molecular weight excluding hydrogens is 366 g/mol. The van der Waals surface area contributed by atoms with Crippen LogP contribution in [-0.4, -0.2) is 23.8 Å². The Morgan fingerprint density at radius 3 is 2.59 bits per heavy atom. The monoisotopic (exact) mass is 391 g/mol. The first-order valence-corrected chi connectivity index (χ1v) is 9.70. The number of fused-ring (bicyclic) bond motifs is 1. The molecule has 2 N–H and O–H groups in total. The fourth-order valence-corrected chi connectivity index (χ4v) is 3.64. The van der Waals surface area contributed by atoms with E-state index in [4.69, 9.17) is 9.47 Å². The summed E-state index contributed by atoms with van der Waals surface area (Å²) in [6.07, 6.45) is 0. The van der Waals surface area contributed by atoms with E-state index in [0.29, 0.717) is 36.9 Å². The number of amides is 2. The highest BCUT2D eigenvalue weighted by atomic mass is 16.6. The first-order chi connectivity index (χ1) is 14.0. The molecule has 0 bridgehead atoms. The summed E-state index contributed by atoms with van der Waals surface area (Å²) >= 11 is 0. The summed E-state index contributed by atoms with van der Waals surface area (Å²) in [7, 11) is 0. The highest BCUT2D eigenvalue weighted by Gasteiger charge is 2.14. The summed E-state index contributed by atoms with van der Waals surface area (Å²) in [4.78, 5) is 12.4. The summed E-state index contributed by atoms with van der Waals surface area (Å²) in [6.45, 7) is 7.74. The van der Waals surface area contributed by atoms with Crippen molar-refractivity contribution in [2.45, 2.75) is 27.3 Å². The SMILES string of the molecule is Cc1cccc(-n2c(C)cc(CNC(=O)Nc3ccc4c(c3)OCCO4)c2C)c1. The van der Waals surface area contributed by atoms with Crippen molar-refractivity contribution in [3.05, 3.63) is 71.0 Å². The smallest absolute Gasteiger partial charge is 0.319 e. The van der Waals surface area contributed by atoms with Gasteiger partial charge in [0.05, 0.1) is 0 Å². The Labute approximate surface area is 170 Å². The van der Waals surface area contributed by atoms with E-state index in [1.165, 1.54) is 5.56 Å². The summed E-state index contributed by atoms with van der Waals surface area (Å²) in [5.41, 5.74) is 6.35.